The minimum absolute atomic E-state index is 0.294. The van der Waals surface area contributed by atoms with Crippen molar-refractivity contribution in [2.45, 2.75) is 16.9 Å². The fourth-order valence-electron chi connectivity index (χ4n) is 3.15. The summed E-state index contributed by atoms with van der Waals surface area (Å²) in [5.41, 5.74) is 8.43. The van der Waals surface area contributed by atoms with Crippen LogP contribution in [-0.4, -0.2) is 41.4 Å². The van der Waals surface area contributed by atoms with Gasteiger partial charge in [0.2, 0.25) is 5.91 Å². The highest BCUT2D eigenvalue weighted by molar-refractivity contribution is 8.02. The Bertz CT molecular complexity index is 1160. The van der Waals surface area contributed by atoms with E-state index in [9.17, 15) is 4.79 Å². The number of nitrogens with zero attached hydrogens (tertiary/aromatic N) is 2. The molecule has 0 aliphatic heterocycles. The van der Waals surface area contributed by atoms with Gasteiger partial charge < -0.3 is 19.8 Å². The van der Waals surface area contributed by atoms with E-state index in [2.05, 4.69) is 56.1 Å². The Morgan fingerprint density at radius 2 is 2.22 bits per heavy atom. The van der Waals surface area contributed by atoms with Gasteiger partial charge in [0, 0.05) is 28.8 Å². The highest BCUT2D eigenvalue weighted by atomic mass is 32.2. The third-order valence-electron chi connectivity index (χ3n) is 4.51. The first kappa shape index (κ1) is 23.2. The Morgan fingerprint density at radius 1 is 1.31 bits per heavy atom. The van der Waals surface area contributed by atoms with E-state index in [0.717, 1.165) is 44.5 Å². The van der Waals surface area contributed by atoms with Crippen LogP contribution in [0.3, 0.4) is 0 Å². The van der Waals surface area contributed by atoms with Crippen molar-refractivity contribution < 1.29 is 9.53 Å². The van der Waals surface area contributed by atoms with Crippen LogP contribution in [0.2, 0.25) is 0 Å². The lowest BCUT2D eigenvalue weighted by Gasteiger charge is -2.23. The zero-order chi connectivity index (χ0) is 22.3. The Balaban J connectivity index is 1.59. The van der Waals surface area contributed by atoms with Gasteiger partial charge in [-0.15, -0.1) is 34.4 Å². The van der Waals surface area contributed by atoms with Gasteiger partial charge in [0.15, 0.2) is 0 Å². The molecule has 0 atom stereocenters. The molecule has 3 aromatic heterocycles. The van der Waals surface area contributed by atoms with Gasteiger partial charge in [-0.05, 0) is 42.5 Å². The maximum atomic E-state index is 11.0. The standard InChI is InChI=1S/C22H24N4O2S4/c1-2-28-9-8-26(32-20-7-4-10-30-20)18-6-3-5-15-11-17(25-21(15)18)22-24-12-16(31-22)13-29-14-19(23)27/h3-7,10-12,25H,2,8-9,13-14H2,1H3,(H2,23,27). The van der Waals surface area contributed by atoms with E-state index in [1.165, 1.54) is 16.0 Å². The number of ether oxygens (including phenoxy) is 1. The Kier molecular flexibility index (Phi) is 8.15. The number of carbonyl (C=O) groups excluding carboxylic acids is 1. The van der Waals surface area contributed by atoms with Crippen LogP contribution in [0.25, 0.3) is 21.6 Å². The van der Waals surface area contributed by atoms with Crippen molar-refractivity contribution in [2.75, 3.05) is 29.8 Å². The van der Waals surface area contributed by atoms with Crippen LogP contribution in [0.4, 0.5) is 5.69 Å². The topological polar surface area (TPSA) is 84.2 Å². The number of anilines is 1. The molecule has 0 bridgehead atoms. The van der Waals surface area contributed by atoms with Crippen molar-refractivity contribution in [2.24, 2.45) is 5.73 Å². The number of thiophene rings is 1. The molecule has 0 aliphatic rings. The number of carbonyl (C=O) groups is 1. The Hall–Kier alpha value is -1.98. The summed E-state index contributed by atoms with van der Waals surface area (Å²) in [6.45, 7) is 4.17. The maximum Gasteiger partial charge on any atom is 0.227 e. The highest BCUT2D eigenvalue weighted by Gasteiger charge is 2.16. The molecule has 4 rings (SSSR count). The number of hydrogen-bond acceptors (Lipinski definition) is 8. The van der Waals surface area contributed by atoms with Crippen LogP contribution in [0.1, 0.15) is 11.8 Å². The summed E-state index contributed by atoms with van der Waals surface area (Å²) in [5, 5.41) is 4.18. The number of nitrogens with one attached hydrogen (secondary N) is 1. The molecule has 10 heteroatoms. The molecule has 1 amide bonds. The number of benzene rings is 1. The molecule has 6 nitrogen and oxygen atoms in total. The predicted octanol–water partition coefficient (Wildman–Crippen LogP) is 5.62. The molecule has 0 saturated carbocycles. The molecule has 3 N–H and O–H groups in total. The van der Waals surface area contributed by atoms with E-state index in [1.807, 2.05) is 13.1 Å². The first-order valence-corrected chi connectivity index (χ1v) is 13.8. The number of H-pyrrole nitrogens is 1. The third-order valence-corrected chi connectivity index (χ3v) is 8.82. The molecule has 0 saturated heterocycles. The lowest BCUT2D eigenvalue weighted by atomic mass is 10.2. The summed E-state index contributed by atoms with van der Waals surface area (Å²) in [6, 6.07) is 12.7. The van der Waals surface area contributed by atoms with E-state index in [4.69, 9.17) is 10.5 Å². The van der Waals surface area contributed by atoms with Gasteiger partial charge in [0.1, 0.15) is 5.01 Å². The van der Waals surface area contributed by atoms with Crippen molar-refractivity contribution in [1.29, 1.82) is 0 Å². The lowest BCUT2D eigenvalue weighted by molar-refractivity contribution is -0.115. The normalized spacial score (nSPS) is 11.3. The number of aromatic amines is 1. The van der Waals surface area contributed by atoms with Gasteiger partial charge in [0.05, 0.1) is 40.0 Å². The van der Waals surface area contributed by atoms with Gasteiger partial charge in [0.25, 0.3) is 0 Å². The van der Waals surface area contributed by atoms with Crippen molar-refractivity contribution >= 4 is 68.9 Å². The predicted molar refractivity (Wildman–Crippen MR) is 139 cm³/mol. The van der Waals surface area contributed by atoms with Crippen LogP contribution in [0, 0.1) is 0 Å². The summed E-state index contributed by atoms with van der Waals surface area (Å²) < 4.78 is 9.17. The molecule has 168 valence electrons. The van der Waals surface area contributed by atoms with Crippen LogP contribution in [-0.2, 0) is 15.3 Å². The zero-order valence-electron chi connectivity index (χ0n) is 17.6. The van der Waals surface area contributed by atoms with Gasteiger partial charge >= 0.3 is 0 Å². The minimum Gasteiger partial charge on any atom is -0.380 e. The van der Waals surface area contributed by atoms with E-state index >= 15 is 0 Å². The molecule has 0 aliphatic carbocycles. The average Bonchev–Trinajstić information content (AvgIpc) is 3.53. The molecule has 0 radical (unpaired) electrons. The zero-order valence-corrected chi connectivity index (χ0v) is 20.8. The van der Waals surface area contributed by atoms with Crippen molar-refractivity contribution in [1.82, 2.24) is 9.97 Å². The minimum atomic E-state index is -0.294. The van der Waals surface area contributed by atoms with E-state index in [-0.39, 0.29) is 5.91 Å². The van der Waals surface area contributed by atoms with E-state index in [0.29, 0.717) is 19.0 Å². The van der Waals surface area contributed by atoms with Crippen LogP contribution in [0.5, 0.6) is 0 Å². The molecule has 0 fully saturated rings. The van der Waals surface area contributed by atoms with E-state index < -0.39 is 0 Å². The Labute approximate surface area is 203 Å². The largest absolute Gasteiger partial charge is 0.380 e. The number of thiazole rings is 1. The second-order valence-corrected chi connectivity index (χ2v) is 11.2. The fraction of sp³-hybridized carbons (Fsp3) is 0.273. The molecular formula is C22H24N4O2S4. The summed E-state index contributed by atoms with van der Waals surface area (Å²) >= 11 is 6.61. The highest BCUT2D eigenvalue weighted by Crippen LogP contribution is 2.38. The number of hydrogen-bond donors (Lipinski definition) is 2. The number of primary amides is 1. The van der Waals surface area contributed by atoms with Gasteiger partial charge in [-0.1, -0.05) is 18.2 Å². The van der Waals surface area contributed by atoms with Gasteiger partial charge in [-0.2, -0.15) is 0 Å². The van der Waals surface area contributed by atoms with Crippen molar-refractivity contribution in [3.8, 4) is 10.7 Å². The van der Waals surface area contributed by atoms with Gasteiger partial charge in [-0.3, -0.25) is 4.79 Å². The molecule has 32 heavy (non-hydrogen) atoms. The monoisotopic (exact) mass is 504 g/mol. The van der Waals surface area contributed by atoms with Crippen LogP contribution in [0.15, 0.2) is 52.2 Å². The molecule has 1 aromatic carbocycles. The van der Waals surface area contributed by atoms with Crippen molar-refractivity contribution in [3.63, 3.8) is 0 Å². The summed E-state index contributed by atoms with van der Waals surface area (Å²) in [7, 11) is 0. The SMILES string of the molecule is CCOCCN(Sc1cccs1)c1cccc2cc(-c3ncc(CSCC(N)=O)s3)[nH]c12. The summed E-state index contributed by atoms with van der Waals surface area (Å²) in [5.74, 6) is 0.759. The number of thioether (sulfide) groups is 1. The first-order chi connectivity index (χ1) is 15.6. The Morgan fingerprint density at radius 3 is 3.00 bits per heavy atom. The molecule has 0 spiro atoms. The maximum absolute atomic E-state index is 11.0. The summed E-state index contributed by atoms with van der Waals surface area (Å²) in [4.78, 5) is 20.3. The quantitative estimate of drug-likeness (QED) is 0.192. The number of rotatable bonds is 12. The first-order valence-electron chi connectivity index (χ1n) is 10.1. The van der Waals surface area contributed by atoms with Crippen molar-refractivity contribution in [3.05, 3.63) is 52.9 Å². The molecule has 3 heterocycles. The number of amides is 1. The average molecular weight is 505 g/mol. The molecule has 0 unspecified atom stereocenters. The molecule has 4 aromatic rings. The van der Waals surface area contributed by atoms with Gasteiger partial charge in [-0.25, -0.2) is 4.98 Å². The number of aromatic nitrogens is 2. The smallest absolute Gasteiger partial charge is 0.227 e. The molecular weight excluding hydrogens is 481 g/mol. The van der Waals surface area contributed by atoms with Crippen LogP contribution < -0.4 is 10.0 Å². The van der Waals surface area contributed by atoms with E-state index in [1.54, 1.807) is 34.6 Å². The van der Waals surface area contributed by atoms with Crippen LogP contribution >= 0.6 is 46.4 Å². The number of para-hydroxylation sites is 1. The second-order valence-electron chi connectivity index (χ2n) is 6.84. The fourth-order valence-corrected chi connectivity index (χ4v) is 6.72. The number of nitrogens with two attached hydrogens (primary N) is 1. The number of fused-ring (bicyclic) bond motifs is 1. The third kappa shape index (κ3) is 5.87. The lowest BCUT2D eigenvalue weighted by Crippen LogP contribution is -2.20. The summed E-state index contributed by atoms with van der Waals surface area (Å²) in [6.07, 6.45) is 1.88. The second kappa shape index (κ2) is 11.2.